The number of rotatable bonds is 4. The maximum atomic E-state index is 12.1. The Balaban J connectivity index is 2.28. The second-order valence-electron chi connectivity index (χ2n) is 8.68. The number of hydrogen-bond acceptors (Lipinski definition) is 5. The molecule has 1 N–H and O–H groups in total. The van der Waals surface area contributed by atoms with Crippen molar-refractivity contribution in [3.63, 3.8) is 0 Å². The van der Waals surface area contributed by atoms with Crippen LogP contribution in [0.15, 0.2) is 17.7 Å². The topological polar surface area (TPSA) is 69.7 Å². The van der Waals surface area contributed by atoms with E-state index in [9.17, 15) is 4.79 Å². The number of amides is 1. The largest absolute Gasteiger partial charge is 0.492 e. The van der Waals surface area contributed by atoms with Gasteiger partial charge in [-0.2, -0.15) is 0 Å². The van der Waals surface area contributed by atoms with Crippen LogP contribution in [0, 0.1) is 0 Å². The molecule has 1 aliphatic heterocycles. The molecule has 0 aliphatic carbocycles. The molecule has 1 amide bonds. The molecular weight excluding hydrogens is 402 g/mol. The van der Waals surface area contributed by atoms with Gasteiger partial charge in [0.15, 0.2) is 0 Å². The summed E-state index contributed by atoms with van der Waals surface area (Å²) in [5.74, 6) is 0. The Bertz CT molecular complexity index is 760. The van der Waals surface area contributed by atoms with Gasteiger partial charge in [-0.25, -0.2) is 4.79 Å². The SMILES string of the molecule is CC(C)(C)OC(=O)NCC(=Cc1ncc(Cl)cc1Cl)B1OC(C)(C)C(C)(C)O1. The summed E-state index contributed by atoms with van der Waals surface area (Å²) in [6, 6.07) is 1.60. The van der Waals surface area contributed by atoms with Crippen molar-refractivity contribution in [1.29, 1.82) is 0 Å². The van der Waals surface area contributed by atoms with E-state index in [2.05, 4.69) is 10.3 Å². The molecule has 1 saturated heterocycles. The van der Waals surface area contributed by atoms with E-state index >= 15 is 0 Å². The lowest BCUT2D eigenvalue weighted by Gasteiger charge is -2.32. The number of carbonyl (C=O) groups is 1. The second kappa shape index (κ2) is 8.23. The van der Waals surface area contributed by atoms with Crippen molar-refractivity contribution in [3.8, 4) is 0 Å². The van der Waals surface area contributed by atoms with E-state index < -0.39 is 30.0 Å². The van der Waals surface area contributed by atoms with E-state index in [4.69, 9.17) is 37.2 Å². The summed E-state index contributed by atoms with van der Waals surface area (Å²) in [4.78, 5) is 16.3. The minimum Gasteiger partial charge on any atom is -0.444 e. The molecule has 0 bridgehead atoms. The molecule has 154 valence electrons. The fourth-order valence-electron chi connectivity index (χ4n) is 2.39. The Morgan fingerprint density at radius 1 is 1.25 bits per heavy atom. The van der Waals surface area contributed by atoms with Crippen molar-refractivity contribution in [1.82, 2.24) is 10.3 Å². The van der Waals surface area contributed by atoms with Gasteiger partial charge in [-0.3, -0.25) is 4.98 Å². The van der Waals surface area contributed by atoms with Gasteiger partial charge in [0, 0.05) is 12.7 Å². The molecule has 0 aromatic carbocycles. The lowest BCUT2D eigenvalue weighted by Crippen LogP contribution is -2.41. The van der Waals surface area contributed by atoms with Crippen molar-refractivity contribution in [2.24, 2.45) is 0 Å². The molecule has 0 unspecified atom stereocenters. The lowest BCUT2D eigenvalue weighted by molar-refractivity contribution is 0.00578. The number of nitrogens with zero attached hydrogens (tertiary/aromatic N) is 1. The van der Waals surface area contributed by atoms with Gasteiger partial charge in [0.1, 0.15) is 5.60 Å². The van der Waals surface area contributed by atoms with Crippen LogP contribution in [-0.4, -0.2) is 41.5 Å². The van der Waals surface area contributed by atoms with Gasteiger partial charge in [-0.15, -0.1) is 0 Å². The number of alkyl carbamates (subject to hydrolysis) is 1. The Labute approximate surface area is 177 Å². The first kappa shape index (κ1) is 23.0. The summed E-state index contributed by atoms with van der Waals surface area (Å²) >= 11 is 12.2. The van der Waals surface area contributed by atoms with Crippen molar-refractivity contribution >= 4 is 42.5 Å². The summed E-state index contributed by atoms with van der Waals surface area (Å²) in [5.41, 5.74) is -0.498. The lowest BCUT2D eigenvalue weighted by atomic mass is 9.77. The summed E-state index contributed by atoms with van der Waals surface area (Å²) in [6.45, 7) is 13.4. The average Bonchev–Trinajstić information content (AvgIpc) is 2.71. The van der Waals surface area contributed by atoms with Crippen molar-refractivity contribution in [3.05, 3.63) is 33.5 Å². The van der Waals surface area contributed by atoms with Crippen LogP contribution in [0.2, 0.25) is 10.0 Å². The predicted octanol–water partition coefficient (Wildman–Crippen LogP) is 4.93. The molecule has 2 rings (SSSR count). The number of pyridine rings is 1. The van der Waals surface area contributed by atoms with Gasteiger partial charge in [-0.1, -0.05) is 23.2 Å². The first-order valence-electron chi connectivity index (χ1n) is 9.04. The Morgan fingerprint density at radius 2 is 1.82 bits per heavy atom. The van der Waals surface area contributed by atoms with Crippen molar-refractivity contribution in [2.75, 3.05) is 6.54 Å². The van der Waals surface area contributed by atoms with Crippen LogP contribution in [0.25, 0.3) is 6.08 Å². The van der Waals surface area contributed by atoms with E-state index in [0.29, 0.717) is 21.2 Å². The minimum atomic E-state index is -0.673. The molecule has 0 spiro atoms. The highest BCUT2D eigenvalue weighted by Crippen LogP contribution is 2.39. The highest BCUT2D eigenvalue weighted by Gasteiger charge is 2.52. The first-order chi connectivity index (χ1) is 12.7. The molecule has 6 nitrogen and oxygen atoms in total. The molecule has 0 radical (unpaired) electrons. The molecule has 0 atom stereocenters. The number of aromatic nitrogens is 1. The summed E-state index contributed by atoms with van der Waals surface area (Å²) < 4.78 is 17.5. The summed E-state index contributed by atoms with van der Waals surface area (Å²) in [5, 5.41) is 3.56. The van der Waals surface area contributed by atoms with Crippen LogP contribution in [0.5, 0.6) is 0 Å². The van der Waals surface area contributed by atoms with E-state index in [0.717, 1.165) is 0 Å². The van der Waals surface area contributed by atoms with Crippen LogP contribution in [-0.2, 0) is 14.0 Å². The molecule has 2 heterocycles. The first-order valence-corrected chi connectivity index (χ1v) is 9.80. The second-order valence-corrected chi connectivity index (χ2v) is 9.53. The quantitative estimate of drug-likeness (QED) is 0.688. The average molecular weight is 429 g/mol. The molecule has 0 saturated carbocycles. The van der Waals surface area contributed by atoms with Gasteiger partial charge in [0.25, 0.3) is 0 Å². The van der Waals surface area contributed by atoms with Gasteiger partial charge < -0.3 is 19.4 Å². The summed E-state index contributed by atoms with van der Waals surface area (Å²) in [7, 11) is -0.673. The number of nitrogens with one attached hydrogen (secondary N) is 1. The highest BCUT2D eigenvalue weighted by molar-refractivity contribution is 6.56. The standard InChI is InChI=1S/C19H27BCl2N2O4/c1-17(2,3)26-16(25)24-10-12(8-15-14(22)9-13(21)11-23-15)20-27-18(4,5)19(6,7)28-20/h8-9,11H,10H2,1-7H3,(H,24,25). The summed E-state index contributed by atoms with van der Waals surface area (Å²) in [6.07, 6.45) is 2.70. The van der Waals surface area contributed by atoms with Crippen LogP contribution >= 0.6 is 23.2 Å². The maximum Gasteiger partial charge on any atom is 0.492 e. The smallest absolute Gasteiger partial charge is 0.444 e. The van der Waals surface area contributed by atoms with Crippen molar-refractivity contribution < 1.29 is 18.8 Å². The normalized spacial score (nSPS) is 18.9. The number of carbonyl (C=O) groups excluding carboxylic acids is 1. The molecule has 1 aromatic heterocycles. The van der Waals surface area contributed by atoms with E-state index in [1.165, 1.54) is 6.20 Å². The Morgan fingerprint density at radius 3 is 2.32 bits per heavy atom. The zero-order valence-electron chi connectivity index (χ0n) is 17.4. The van der Waals surface area contributed by atoms with E-state index in [1.807, 2.05) is 27.7 Å². The molecule has 9 heteroatoms. The molecule has 1 fully saturated rings. The third kappa shape index (κ3) is 5.86. The fourth-order valence-corrected chi connectivity index (χ4v) is 2.83. The van der Waals surface area contributed by atoms with Crippen LogP contribution in [0.3, 0.4) is 0 Å². The van der Waals surface area contributed by atoms with Crippen LogP contribution in [0.1, 0.15) is 54.2 Å². The number of ether oxygens (including phenoxy) is 1. The zero-order chi connectivity index (χ0) is 21.3. The monoisotopic (exact) mass is 428 g/mol. The zero-order valence-corrected chi connectivity index (χ0v) is 18.9. The van der Waals surface area contributed by atoms with Crippen LogP contribution < -0.4 is 5.32 Å². The van der Waals surface area contributed by atoms with Crippen molar-refractivity contribution in [2.45, 2.75) is 65.3 Å². The fraction of sp³-hybridized carbons (Fsp3) is 0.579. The van der Waals surface area contributed by atoms with Gasteiger partial charge in [0.05, 0.1) is 26.9 Å². The number of halogens is 2. The van der Waals surface area contributed by atoms with Crippen LogP contribution in [0.4, 0.5) is 4.79 Å². The predicted molar refractivity (Wildman–Crippen MR) is 113 cm³/mol. The Kier molecular flexibility index (Phi) is 6.76. The molecule has 1 aromatic rings. The van der Waals surface area contributed by atoms with E-state index in [-0.39, 0.29) is 6.54 Å². The third-order valence-electron chi connectivity index (χ3n) is 4.55. The number of hydrogen-bond donors (Lipinski definition) is 1. The minimum absolute atomic E-state index is 0.145. The van der Waals surface area contributed by atoms with E-state index in [1.54, 1.807) is 32.9 Å². The molecule has 28 heavy (non-hydrogen) atoms. The van der Waals surface area contributed by atoms with Gasteiger partial charge in [-0.05, 0) is 66.1 Å². The third-order valence-corrected chi connectivity index (χ3v) is 5.06. The Hall–Kier alpha value is -1.28. The highest BCUT2D eigenvalue weighted by atomic mass is 35.5. The van der Waals surface area contributed by atoms with Gasteiger partial charge in [0.2, 0.25) is 0 Å². The molecular formula is C19H27BCl2N2O4. The maximum absolute atomic E-state index is 12.1. The van der Waals surface area contributed by atoms with Gasteiger partial charge >= 0.3 is 13.2 Å². The molecule has 1 aliphatic rings.